The summed E-state index contributed by atoms with van der Waals surface area (Å²) >= 11 is 1.32. The van der Waals surface area contributed by atoms with E-state index in [1.54, 1.807) is 25.4 Å². The smallest absolute Gasteiger partial charge is 0.271 e. The topological polar surface area (TPSA) is 83.7 Å². The third-order valence-corrected chi connectivity index (χ3v) is 3.21. The minimum Gasteiger partial charge on any atom is -0.394 e. The fraction of sp³-hybridized carbons (Fsp3) is 0.364. The summed E-state index contributed by atoms with van der Waals surface area (Å²) in [6, 6.07) is 0. The van der Waals surface area contributed by atoms with Gasteiger partial charge in [-0.1, -0.05) is 0 Å². The lowest BCUT2D eigenvalue weighted by Gasteiger charge is -2.23. The van der Waals surface area contributed by atoms with Gasteiger partial charge >= 0.3 is 0 Å². The van der Waals surface area contributed by atoms with Gasteiger partial charge in [0.2, 0.25) is 0 Å². The second-order valence-electron chi connectivity index (χ2n) is 4.53. The number of amides is 1. The molecule has 0 spiro atoms. The quantitative estimate of drug-likeness (QED) is 0.835. The van der Waals surface area contributed by atoms with Crippen LogP contribution in [0.3, 0.4) is 0 Å². The molecule has 0 atom stereocenters. The van der Waals surface area contributed by atoms with Gasteiger partial charge in [0.25, 0.3) is 11.5 Å². The average molecular weight is 267 g/mol. The van der Waals surface area contributed by atoms with Gasteiger partial charge in [0.1, 0.15) is 5.56 Å². The molecule has 96 valence electrons. The van der Waals surface area contributed by atoms with Crippen LogP contribution in [-0.4, -0.2) is 32.5 Å². The minimum absolute atomic E-state index is 0.0348. The number of fused-ring (bicyclic) bond motifs is 1. The van der Waals surface area contributed by atoms with Crippen LogP contribution in [0.2, 0.25) is 0 Å². The Morgan fingerprint density at radius 3 is 3.00 bits per heavy atom. The summed E-state index contributed by atoms with van der Waals surface area (Å²) in [7, 11) is 0. The Bertz CT molecular complexity index is 644. The molecule has 0 bridgehead atoms. The van der Waals surface area contributed by atoms with Crippen molar-refractivity contribution in [2.75, 3.05) is 6.61 Å². The summed E-state index contributed by atoms with van der Waals surface area (Å²) in [5, 5.41) is 13.4. The summed E-state index contributed by atoms with van der Waals surface area (Å²) in [5.74, 6) is -0.535. The summed E-state index contributed by atoms with van der Waals surface area (Å²) < 4.78 is 1.32. The molecular weight excluding hydrogens is 254 g/mol. The monoisotopic (exact) mass is 267 g/mol. The molecule has 2 rings (SSSR count). The van der Waals surface area contributed by atoms with Gasteiger partial charge in [-0.05, 0) is 13.8 Å². The fourth-order valence-corrected chi connectivity index (χ4v) is 2.07. The first kappa shape index (κ1) is 12.7. The maximum atomic E-state index is 12.0. The molecule has 0 radical (unpaired) electrons. The van der Waals surface area contributed by atoms with E-state index in [0.29, 0.717) is 4.96 Å². The fourth-order valence-electron chi connectivity index (χ4n) is 1.39. The van der Waals surface area contributed by atoms with Crippen LogP contribution in [0.5, 0.6) is 0 Å². The first-order chi connectivity index (χ1) is 8.44. The molecular formula is C11H13N3O3S. The third kappa shape index (κ3) is 2.27. The van der Waals surface area contributed by atoms with Crippen molar-refractivity contribution in [2.24, 2.45) is 0 Å². The number of rotatable bonds is 3. The standard InChI is InChI=1S/C11H13N3O3S/c1-11(2,6-15)13-8(16)7-5-12-10-14(9(7)17)3-4-18-10/h3-5,15H,6H2,1-2H3,(H,13,16). The van der Waals surface area contributed by atoms with E-state index in [1.165, 1.54) is 21.9 Å². The van der Waals surface area contributed by atoms with Crippen molar-refractivity contribution >= 4 is 22.2 Å². The summed E-state index contributed by atoms with van der Waals surface area (Å²) in [5.41, 5.74) is -1.22. The largest absolute Gasteiger partial charge is 0.394 e. The highest BCUT2D eigenvalue weighted by Gasteiger charge is 2.22. The van der Waals surface area contributed by atoms with Crippen molar-refractivity contribution in [3.8, 4) is 0 Å². The average Bonchev–Trinajstić information content (AvgIpc) is 2.77. The molecule has 2 N–H and O–H groups in total. The molecule has 0 aliphatic heterocycles. The van der Waals surface area contributed by atoms with Crippen molar-refractivity contribution < 1.29 is 9.90 Å². The number of nitrogens with one attached hydrogen (secondary N) is 1. The van der Waals surface area contributed by atoms with Gasteiger partial charge in [-0.3, -0.25) is 14.0 Å². The molecule has 0 aliphatic rings. The molecule has 18 heavy (non-hydrogen) atoms. The van der Waals surface area contributed by atoms with Crippen molar-refractivity contribution in [3.63, 3.8) is 0 Å². The van der Waals surface area contributed by atoms with Crippen LogP contribution in [0.15, 0.2) is 22.6 Å². The number of aliphatic hydroxyl groups excluding tert-OH is 1. The molecule has 6 nitrogen and oxygen atoms in total. The number of aliphatic hydroxyl groups is 1. The number of carbonyl (C=O) groups is 1. The number of nitrogens with zero attached hydrogens (tertiary/aromatic N) is 2. The molecule has 0 unspecified atom stereocenters. The van der Waals surface area contributed by atoms with Crippen molar-refractivity contribution in [1.29, 1.82) is 0 Å². The van der Waals surface area contributed by atoms with Gasteiger partial charge < -0.3 is 10.4 Å². The highest BCUT2D eigenvalue weighted by Crippen LogP contribution is 2.07. The number of hydrogen-bond acceptors (Lipinski definition) is 5. The van der Waals surface area contributed by atoms with Crippen molar-refractivity contribution in [2.45, 2.75) is 19.4 Å². The van der Waals surface area contributed by atoms with E-state index < -0.39 is 17.0 Å². The second kappa shape index (κ2) is 4.51. The molecule has 0 aromatic carbocycles. The summed E-state index contributed by atoms with van der Waals surface area (Å²) in [6.07, 6.45) is 2.83. The number of aromatic nitrogens is 2. The Labute approximate surface area is 107 Å². The molecule has 0 saturated heterocycles. The van der Waals surface area contributed by atoms with E-state index in [2.05, 4.69) is 10.3 Å². The predicted octanol–water partition coefficient (Wildman–Crippen LogP) is 0.257. The Kier molecular flexibility index (Phi) is 3.18. The van der Waals surface area contributed by atoms with E-state index >= 15 is 0 Å². The normalized spacial score (nSPS) is 11.7. The van der Waals surface area contributed by atoms with Crippen molar-refractivity contribution in [1.82, 2.24) is 14.7 Å². The van der Waals surface area contributed by atoms with E-state index in [-0.39, 0.29) is 12.2 Å². The van der Waals surface area contributed by atoms with Gasteiger partial charge in [0, 0.05) is 17.8 Å². The first-order valence-electron chi connectivity index (χ1n) is 5.33. The Hall–Kier alpha value is -1.73. The zero-order valence-electron chi connectivity index (χ0n) is 10.0. The first-order valence-corrected chi connectivity index (χ1v) is 6.21. The van der Waals surface area contributed by atoms with Crippen LogP contribution >= 0.6 is 11.3 Å². The summed E-state index contributed by atoms with van der Waals surface area (Å²) in [6.45, 7) is 3.12. The number of thiazole rings is 1. The van der Waals surface area contributed by atoms with Crippen LogP contribution in [0.4, 0.5) is 0 Å². The van der Waals surface area contributed by atoms with Crippen LogP contribution in [0, 0.1) is 0 Å². The second-order valence-corrected chi connectivity index (χ2v) is 5.40. The Morgan fingerprint density at radius 2 is 2.33 bits per heavy atom. The van der Waals surface area contributed by atoms with Gasteiger partial charge in [-0.15, -0.1) is 11.3 Å². The molecule has 2 aromatic heterocycles. The van der Waals surface area contributed by atoms with Crippen LogP contribution in [0.25, 0.3) is 4.96 Å². The molecule has 7 heteroatoms. The zero-order valence-corrected chi connectivity index (χ0v) is 10.8. The van der Waals surface area contributed by atoms with E-state index in [9.17, 15) is 9.59 Å². The number of carbonyl (C=O) groups excluding carboxylic acids is 1. The minimum atomic E-state index is -0.780. The van der Waals surface area contributed by atoms with Crippen molar-refractivity contribution in [3.05, 3.63) is 33.7 Å². The van der Waals surface area contributed by atoms with Gasteiger partial charge in [0.05, 0.1) is 12.1 Å². The molecule has 2 aromatic rings. The van der Waals surface area contributed by atoms with Gasteiger partial charge in [0.15, 0.2) is 4.96 Å². The van der Waals surface area contributed by atoms with Gasteiger partial charge in [-0.25, -0.2) is 4.98 Å². The predicted molar refractivity (Wildman–Crippen MR) is 68.0 cm³/mol. The van der Waals surface area contributed by atoms with Crippen LogP contribution in [0.1, 0.15) is 24.2 Å². The highest BCUT2D eigenvalue weighted by atomic mass is 32.1. The molecule has 2 heterocycles. The molecule has 0 aliphatic carbocycles. The third-order valence-electron chi connectivity index (χ3n) is 2.43. The molecule has 1 amide bonds. The van der Waals surface area contributed by atoms with E-state index in [4.69, 9.17) is 5.11 Å². The highest BCUT2D eigenvalue weighted by molar-refractivity contribution is 7.15. The lowest BCUT2D eigenvalue weighted by Crippen LogP contribution is -2.47. The lowest BCUT2D eigenvalue weighted by atomic mass is 10.1. The molecule has 0 fully saturated rings. The maximum Gasteiger partial charge on any atom is 0.271 e. The van der Waals surface area contributed by atoms with E-state index in [0.717, 1.165) is 0 Å². The van der Waals surface area contributed by atoms with Crippen LogP contribution in [-0.2, 0) is 0 Å². The Balaban J connectivity index is 2.39. The molecule has 0 saturated carbocycles. The number of hydrogen-bond donors (Lipinski definition) is 2. The SMILES string of the molecule is CC(C)(CO)NC(=O)c1cnc2sccn2c1=O. The van der Waals surface area contributed by atoms with Gasteiger partial charge in [-0.2, -0.15) is 0 Å². The summed E-state index contributed by atoms with van der Waals surface area (Å²) in [4.78, 5) is 28.5. The maximum absolute atomic E-state index is 12.0. The van der Waals surface area contributed by atoms with E-state index in [1.807, 2.05) is 0 Å². The lowest BCUT2D eigenvalue weighted by molar-refractivity contribution is 0.0867. The Morgan fingerprint density at radius 1 is 1.61 bits per heavy atom. The van der Waals surface area contributed by atoms with Crippen LogP contribution < -0.4 is 10.9 Å². The zero-order chi connectivity index (χ0) is 13.3.